The standard InChI is InChI=1S/C17H29N3O3/c1-14-11-20(12-15(14)18-7-9-23-10-8-18)17(22)13-19-6-4-2-3-5-16(19)21/h14-15H,2-13H2,1H3. The Kier molecular flexibility index (Phi) is 5.54. The van der Waals surface area contributed by atoms with Gasteiger partial charge >= 0.3 is 0 Å². The number of nitrogens with zero attached hydrogens (tertiary/aromatic N) is 3. The lowest BCUT2D eigenvalue weighted by atomic mass is 10.0. The minimum atomic E-state index is 0.114. The first-order valence-electron chi connectivity index (χ1n) is 9.02. The molecule has 0 spiro atoms. The second kappa shape index (κ2) is 7.62. The second-order valence-corrected chi connectivity index (χ2v) is 7.12. The zero-order chi connectivity index (χ0) is 16.2. The number of carbonyl (C=O) groups excluding carboxylic acids is 2. The molecule has 3 aliphatic heterocycles. The van der Waals surface area contributed by atoms with E-state index in [1.54, 1.807) is 4.90 Å². The summed E-state index contributed by atoms with van der Waals surface area (Å²) in [5, 5.41) is 0. The lowest BCUT2D eigenvalue weighted by Crippen LogP contribution is -2.47. The van der Waals surface area contributed by atoms with E-state index in [-0.39, 0.29) is 18.4 Å². The molecule has 23 heavy (non-hydrogen) atoms. The lowest BCUT2D eigenvalue weighted by Gasteiger charge is -2.34. The summed E-state index contributed by atoms with van der Waals surface area (Å²) < 4.78 is 5.43. The number of likely N-dealkylation sites (tertiary alicyclic amines) is 2. The molecule has 3 heterocycles. The molecular weight excluding hydrogens is 294 g/mol. The molecule has 2 atom stereocenters. The summed E-state index contributed by atoms with van der Waals surface area (Å²) in [7, 11) is 0. The van der Waals surface area contributed by atoms with E-state index in [0.717, 1.165) is 65.2 Å². The maximum absolute atomic E-state index is 12.6. The summed E-state index contributed by atoms with van der Waals surface area (Å²) in [4.78, 5) is 30.9. The molecule has 3 fully saturated rings. The SMILES string of the molecule is CC1CN(C(=O)CN2CCCCCC2=O)CC1N1CCOCC1. The van der Waals surface area contributed by atoms with Crippen LogP contribution in [0, 0.1) is 5.92 Å². The number of hydrogen-bond acceptors (Lipinski definition) is 4. The van der Waals surface area contributed by atoms with E-state index in [1.165, 1.54) is 0 Å². The van der Waals surface area contributed by atoms with Crippen molar-refractivity contribution in [1.82, 2.24) is 14.7 Å². The largest absolute Gasteiger partial charge is 0.379 e. The fourth-order valence-corrected chi connectivity index (χ4v) is 4.01. The first kappa shape index (κ1) is 16.7. The van der Waals surface area contributed by atoms with Crippen molar-refractivity contribution >= 4 is 11.8 Å². The van der Waals surface area contributed by atoms with Crippen molar-refractivity contribution in [3.05, 3.63) is 0 Å². The highest BCUT2D eigenvalue weighted by molar-refractivity contribution is 5.85. The molecule has 0 radical (unpaired) electrons. The molecule has 0 bridgehead atoms. The van der Waals surface area contributed by atoms with Gasteiger partial charge in [0.15, 0.2) is 0 Å². The first-order chi connectivity index (χ1) is 11.1. The van der Waals surface area contributed by atoms with Crippen LogP contribution in [0.25, 0.3) is 0 Å². The maximum Gasteiger partial charge on any atom is 0.242 e. The highest BCUT2D eigenvalue weighted by Gasteiger charge is 2.37. The van der Waals surface area contributed by atoms with Gasteiger partial charge in [-0.15, -0.1) is 0 Å². The first-order valence-corrected chi connectivity index (χ1v) is 9.02. The van der Waals surface area contributed by atoms with E-state index in [2.05, 4.69) is 11.8 Å². The lowest BCUT2D eigenvalue weighted by molar-refractivity contribution is -0.139. The minimum absolute atomic E-state index is 0.114. The molecule has 3 rings (SSSR count). The number of rotatable bonds is 3. The van der Waals surface area contributed by atoms with Crippen molar-refractivity contribution in [3.8, 4) is 0 Å². The number of morpholine rings is 1. The van der Waals surface area contributed by atoms with Crippen LogP contribution < -0.4 is 0 Å². The van der Waals surface area contributed by atoms with E-state index < -0.39 is 0 Å². The van der Waals surface area contributed by atoms with E-state index in [0.29, 0.717) is 18.4 Å². The summed E-state index contributed by atoms with van der Waals surface area (Å²) in [6.07, 6.45) is 3.67. The van der Waals surface area contributed by atoms with E-state index in [4.69, 9.17) is 4.74 Å². The molecule has 0 aromatic heterocycles. The zero-order valence-electron chi connectivity index (χ0n) is 14.2. The molecule has 0 N–H and O–H groups in total. The van der Waals surface area contributed by atoms with Gasteiger partial charge in [0.05, 0.1) is 19.8 Å². The van der Waals surface area contributed by atoms with Crippen LogP contribution >= 0.6 is 0 Å². The third-order valence-corrected chi connectivity index (χ3v) is 5.44. The van der Waals surface area contributed by atoms with Gasteiger partial charge in [0.25, 0.3) is 0 Å². The Morgan fingerprint density at radius 3 is 2.70 bits per heavy atom. The fraction of sp³-hybridized carbons (Fsp3) is 0.882. The quantitative estimate of drug-likeness (QED) is 0.762. The third-order valence-electron chi connectivity index (χ3n) is 5.44. The van der Waals surface area contributed by atoms with Gasteiger partial charge in [-0.05, 0) is 18.8 Å². The Morgan fingerprint density at radius 1 is 1.13 bits per heavy atom. The van der Waals surface area contributed by atoms with Crippen LogP contribution in [-0.2, 0) is 14.3 Å². The highest BCUT2D eigenvalue weighted by Crippen LogP contribution is 2.23. The van der Waals surface area contributed by atoms with Gasteiger partial charge in [0.1, 0.15) is 0 Å². The van der Waals surface area contributed by atoms with Gasteiger partial charge in [-0.1, -0.05) is 13.3 Å². The zero-order valence-corrected chi connectivity index (χ0v) is 14.2. The van der Waals surface area contributed by atoms with Crippen molar-refractivity contribution in [2.45, 2.75) is 38.6 Å². The Balaban J connectivity index is 1.54. The van der Waals surface area contributed by atoms with Gasteiger partial charge in [-0.3, -0.25) is 14.5 Å². The average Bonchev–Trinajstić information content (AvgIpc) is 2.84. The Bertz CT molecular complexity index is 437. The molecular formula is C17H29N3O3. The Morgan fingerprint density at radius 2 is 1.91 bits per heavy atom. The topological polar surface area (TPSA) is 53.1 Å². The van der Waals surface area contributed by atoms with Gasteiger partial charge in [-0.2, -0.15) is 0 Å². The van der Waals surface area contributed by atoms with Crippen LogP contribution in [0.5, 0.6) is 0 Å². The van der Waals surface area contributed by atoms with Gasteiger partial charge in [0.2, 0.25) is 11.8 Å². The number of ether oxygens (including phenoxy) is 1. The normalized spacial score (nSPS) is 30.6. The van der Waals surface area contributed by atoms with Crippen LogP contribution in [-0.4, -0.2) is 85.0 Å². The Labute approximate surface area is 138 Å². The van der Waals surface area contributed by atoms with Crippen molar-refractivity contribution in [2.24, 2.45) is 5.92 Å². The van der Waals surface area contributed by atoms with Gasteiger partial charge in [-0.25, -0.2) is 0 Å². The third kappa shape index (κ3) is 4.04. The van der Waals surface area contributed by atoms with Crippen LogP contribution in [0.1, 0.15) is 32.6 Å². The summed E-state index contributed by atoms with van der Waals surface area (Å²) in [6.45, 7) is 8.33. The minimum Gasteiger partial charge on any atom is -0.379 e. The summed E-state index contributed by atoms with van der Waals surface area (Å²) in [5.74, 6) is 0.743. The number of hydrogen-bond donors (Lipinski definition) is 0. The molecule has 0 aliphatic carbocycles. The van der Waals surface area contributed by atoms with Gasteiger partial charge < -0.3 is 14.5 Å². The Hall–Kier alpha value is -1.14. The van der Waals surface area contributed by atoms with Crippen molar-refractivity contribution < 1.29 is 14.3 Å². The summed E-state index contributed by atoms with van der Waals surface area (Å²) >= 11 is 0. The average molecular weight is 323 g/mol. The summed E-state index contributed by atoms with van der Waals surface area (Å²) in [5.41, 5.74) is 0. The molecule has 2 amide bonds. The molecule has 2 unspecified atom stereocenters. The van der Waals surface area contributed by atoms with E-state index >= 15 is 0 Å². The van der Waals surface area contributed by atoms with E-state index in [1.807, 2.05) is 4.90 Å². The second-order valence-electron chi connectivity index (χ2n) is 7.12. The smallest absolute Gasteiger partial charge is 0.242 e. The highest BCUT2D eigenvalue weighted by atomic mass is 16.5. The molecule has 3 aliphatic rings. The molecule has 3 saturated heterocycles. The van der Waals surface area contributed by atoms with Crippen LogP contribution in [0.3, 0.4) is 0 Å². The molecule has 0 aromatic rings. The van der Waals surface area contributed by atoms with Crippen molar-refractivity contribution in [1.29, 1.82) is 0 Å². The molecule has 6 heteroatoms. The van der Waals surface area contributed by atoms with Crippen molar-refractivity contribution in [2.75, 3.05) is 52.5 Å². The van der Waals surface area contributed by atoms with Gasteiger partial charge in [0, 0.05) is 45.2 Å². The van der Waals surface area contributed by atoms with Crippen LogP contribution in [0.4, 0.5) is 0 Å². The summed E-state index contributed by atoms with van der Waals surface area (Å²) in [6, 6.07) is 0.433. The monoisotopic (exact) mass is 323 g/mol. The molecule has 0 saturated carbocycles. The predicted molar refractivity (Wildman–Crippen MR) is 87.0 cm³/mol. The van der Waals surface area contributed by atoms with Crippen LogP contribution in [0.2, 0.25) is 0 Å². The van der Waals surface area contributed by atoms with E-state index in [9.17, 15) is 9.59 Å². The number of carbonyl (C=O) groups is 2. The number of amides is 2. The fourth-order valence-electron chi connectivity index (χ4n) is 4.01. The molecule has 130 valence electrons. The van der Waals surface area contributed by atoms with Crippen LogP contribution in [0.15, 0.2) is 0 Å². The van der Waals surface area contributed by atoms with Crippen molar-refractivity contribution in [3.63, 3.8) is 0 Å². The molecule has 0 aromatic carbocycles. The predicted octanol–water partition coefficient (Wildman–Crippen LogP) is 0.568. The molecule has 6 nitrogen and oxygen atoms in total. The maximum atomic E-state index is 12.6.